The third kappa shape index (κ3) is 6.82. The van der Waals surface area contributed by atoms with Crippen LogP contribution in [0.15, 0.2) is 59.7 Å². The summed E-state index contributed by atoms with van der Waals surface area (Å²) in [5, 5.41) is 16.9. The zero-order valence-corrected chi connectivity index (χ0v) is 21.5. The average Bonchev–Trinajstić information content (AvgIpc) is 3.50. The maximum atomic E-state index is 14.6. The third-order valence-electron chi connectivity index (χ3n) is 5.43. The molecule has 1 aromatic carbocycles. The number of tetrazole rings is 1. The molecule has 3 N–H and O–H groups in total. The Bertz CT molecular complexity index is 1620. The second kappa shape index (κ2) is 12.2. The predicted octanol–water partition coefficient (Wildman–Crippen LogP) is 2.60. The zero-order valence-electron chi connectivity index (χ0n) is 20.8. The van der Waals surface area contributed by atoms with Crippen molar-refractivity contribution in [3.8, 4) is 11.4 Å². The molecule has 4 aromatic rings. The van der Waals surface area contributed by atoms with Crippen molar-refractivity contribution in [2.75, 3.05) is 11.9 Å². The van der Waals surface area contributed by atoms with E-state index in [2.05, 4.69) is 46.0 Å². The fraction of sp³-hybridized carbons (Fsp3) is 0.217. The molecule has 0 aliphatic carbocycles. The van der Waals surface area contributed by atoms with Crippen molar-refractivity contribution in [1.29, 1.82) is 0 Å². The maximum absolute atomic E-state index is 14.6. The number of H-pyrrole nitrogens is 1. The number of ether oxygens (including phenoxy) is 1. The van der Waals surface area contributed by atoms with E-state index in [1.807, 2.05) is 0 Å². The van der Waals surface area contributed by atoms with Gasteiger partial charge in [-0.15, -0.1) is 10.2 Å². The number of aromatic amines is 1. The summed E-state index contributed by atoms with van der Waals surface area (Å²) in [5.41, 5.74) is -1.35. The van der Waals surface area contributed by atoms with Crippen molar-refractivity contribution in [3.05, 3.63) is 81.6 Å². The Hall–Kier alpha value is -5.00. The van der Waals surface area contributed by atoms with Crippen LogP contribution in [0.1, 0.15) is 17.5 Å². The minimum Gasteiger partial charge on any atom is -0.425 e. The van der Waals surface area contributed by atoms with E-state index in [0.717, 1.165) is 12.3 Å². The summed E-state index contributed by atoms with van der Waals surface area (Å²) < 4.78 is 72.9. The van der Waals surface area contributed by atoms with Crippen LogP contribution in [0, 0.1) is 0 Å². The average molecular weight is 614 g/mol. The summed E-state index contributed by atoms with van der Waals surface area (Å²) in [4.78, 5) is 45.1. The lowest BCUT2D eigenvalue weighted by atomic mass is 10.1. The molecule has 0 radical (unpaired) electrons. The number of carbonyl (C=O) groups excluding carboxylic acids is 2. The molecule has 1 atom stereocenters. The van der Waals surface area contributed by atoms with E-state index in [-0.39, 0.29) is 16.9 Å². The molecular weight excluding hydrogens is 597 g/mol. The first-order chi connectivity index (χ1) is 19.9. The molecule has 0 fully saturated rings. The molecule has 0 saturated heterocycles. The second-order valence-corrected chi connectivity index (χ2v) is 8.63. The van der Waals surface area contributed by atoms with E-state index in [4.69, 9.17) is 11.6 Å². The first kappa shape index (κ1) is 30.0. The van der Waals surface area contributed by atoms with Gasteiger partial charge in [0.1, 0.15) is 10.8 Å². The van der Waals surface area contributed by atoms with E-state index in [1.165, 1.54) is 18.2 Å². The highest BCUT2D eigenvalue weighted by molar-refractivity contribution is 6.29. The third-order valence-corrected chi connectivity index (χ3v) is 5.71. The van der Waals surface area contributed by atoms with E-state index < -0.39 is 59.0 Å². The molecular formula is C23H17ClF5N9O4. The van der Waals surface area contributed by atoms with Gasteiger partial charge in [-0.25, -0.2) is 14.3 Å². The highest BCUT2D eigenvalue weighted by atomic mass is 35.5. The number of hydrogen-bond donors (Lipinski definition) is 3. The van der Waals surface area contributed by atoms with Crippen LogP contribution >= 0.6 is 11.6 Å². The first-order valence-electron chi connectivity index (χ1n) is 11.6. The van der Waals surface area contributed by atoms with Crippen molar-refractivity contribution in [2.24, 2.45) is 0 Å². The van der Waals surface area contributed by atoms with E-state index in [0.29, 0.717) is 17.3 Å². The number of nitrogens with one attached hydrogen (secondary N) is 3. The largest absolute Gasteiger partial charge is 0.491 e. The van der Waals surface area contributed by atoms with Crippen LogP contribution in [0.3, 0.4) is 0 Å². The van der Waals surface area contributed by atoms with Gasteiger partial charge < -0.3 is 15.4 Å². The molecule has 19 heteroatoms. The molecule has 42 heavy (non-hydrogen) atoms. The molecule has 0 saturated carbocycles. The number of pyridine rings is 1. The summed E-state index contributed by atoms with van der Waals surface area (Å²) >= 11 is 5.97. The Morgan fingerprint density at radius 3 is 2.48 bits per heavy atom. The lowest BCUT2D eigenvalue weighted by molar-refractivity contribution is -0.209. The Kier molecular flexibility index (Phi) is 8.74. The van der Waals surface area contributed by atoms with Crippen LogP contribution < -0.4 is 16.2 Å². The summed E-state index contributed by atoms with van der Waals surface area (Å²) in [5.74, 6) is -8.57. The summed E-state index contributed by atoms with van der Waals surface area (Å²) in [6.45, 7) is -1.59. The number of nitrogens with zero attached hydrogens (tertiary/aromatic N) is 6. The molecule has 0 bridgehead atoms. The van der Waals surface area contributed by atoms with Crippen molar-refractivity contribution < 1.29 is 36.3 Å². The molecule has 220 valence electrons. The summed E-state index contributed by atoms with van der Waals surface area (Å²) in [7, 11) is 0. The number of carbonyl (C=O) groups is 2. The molecule has 1 unspecified atom stereocenters. The van der Waals surface area contributed by atoms with E-state index in [1.54, 1.807) is 18.2 Å². The van der Waals surface area contributed by atoms with Crippen LogP contribution in [0.2, 0.25) is 5.15 Å². The highest BCUT2D eigenvalue weighted by Crippen LogP contribution is 2.27. The van der Waals surface area contributed by atoms with Gasteiger partial charge in [0, 0.05) is 18.3 Å². The standard InChI is InChI=1S/C23H17ClF5N9O4/c24-15-10-31-17(33-11-22(25,26)14-7-3-4-8-30-14)19(40)38(15)20(42-21(41)23(27,28)29)18(39)32-9-12-5-1-2-6-13(12)16-34-36-37-35-16/h1-8,10,20H,9,11H2,(H,31,33)(H,32,39)(H,34,35,36,37). The number of halogens is 6. The normalized spacial score (nSPS) is 12.4. The van der Waals surface area contributed by atoms with Crippen LogP contribution in [-0.2, 0) is 26.8 Å². The van der Waals surface area contributed by atoms with Crippen molar-refractivity contribution in [2.45, 2.75) is 24.9 Å². The molecule has 0 aliphatic heterocycles. The van der Waals surface area contributed by atoms with Gasteiger partial charge in [-0.1, -0.05) is 41.9 Å². The van der Waals surface area contributed by atoms with Gasteiger partial charge in [-0.05, 0) is 22.9 Å². The summed E-state index contributed by atoms with van der Waals surface area (Å²) in [6.07, 6.45) is -6.39. The van der Waals surface area contributed by atoms with E-state index in [9.17, 15) is 36.3 Å². The molecule has 0 aliphatic rings. The maximum Gasteiger partial charge on any atom is 0.491 e. The van der Waals surface area contributed by atoms with Gasteiger partial charge >= 0.3 is 18.1 Å². The number of benzene rings is 1. The van der Waals surface area contributed by atoms with Gasteiger partial charge in [0.2, 0.25) is 5.82 Å². The van der Waals surface area contributed by atoms with Crippen molar-refractivity contribution in [3.63, 3.8) is 0 Å². The lowest BCUT2D eigenvalue weighted by Gasteiger charge is -2.22. The van der Waals surface area contributed by atoms with Gasteiger partial charge in [-0.3, -0.25) is 14.6 Å². The molecule has 3 heterocycles. The van der Waals surface area contributed by atoms with Crippen LogP contribution in [0.4, 0.5) is 27.8 Å². The van der Waals surface area contributed by atoms with Gasteiger partial charge in [-0.2, -0.15) is 27.2 Å². The molecule has 4 rings (SSSR count). The molecule has 1 amide bonds. The number of alkyl halides is 5. The topological polar surface area (TPSA) is 170 Å². The lowest BCUT2D eigenvalue weighted by Crippen LogP contribution is -2.43. The molecule has 0 spiro atoms. The predicted molar refractivity (Wildman–Crippen MR) is 133 cm³/mol. The van der Waals surface area contributed by atoms with E-state index >= 15 is 0 Å². The number of anilines is 1. The van der Waals surface area contributed by atoms with Gasteiger partial charge in [0.05, 0.1) is 12.7 Å². The molecule has 3 aromatic heterocycles. The van der Waals surface area contributed by atoms with Crippen molar-refractivity contribution in [1.82, 2.24) is 40.5 Å². The minimum absolute atomic E-state index is 0.131. The smallest absolute Gasteiger partial charge is 0.425 e. The number of amides is 1. The van der Waals surface area contributed by atoms with Gasteiger partial charge in [0.15, 0.2) is 5.82 Å². The second-order valence-electron chi connectivity index (χ2n) is 8.24. The molecule has 13 nitrogen and oxygen atoms in total. The van der Waals surface area contributed by atoms with Gasteiger partial charge in [0.25, 0.3) is 17.7 Å². The minimum atomic E-state index is -5.57. The SMILES string of the molecule is O=C(NCc1ccccc1-c1nn[nH]n1)C(OC(=O)C(F)(F)F)n1c(Cl)cnc(NCC(F)(F)c2ccccn2)c1=O. The number of hydrogen-bond acceptors (Lipinski definition) is 10. The number of esters is 1. The Morgan fingerprint density at radius 1 is 1.07 bits per heavy atom. The Labute approximate surface area is 236 Å². The van der Waals surface area contributed by atoms with Crippen LogP contribution in [0.25, 0.3) is 11.4 Å². The Balaban J connectivity index is 1.63. The fourth-order valence-electron chi connectivity index (χ4n) is 3.48. The van der Waals surface area contributed by atoms with Crippen molar-refractivity contribution >= 4 is 29.3 Å². The first-order valence-corrected chi connectivity index (χ1v) is 11.9. The van der Waals surface area contributed by atoms with Crippen LogP contribution in [0.5, 0.6) is 0 Å². The highest BCUT2D eigenvalue weighted by Gasteiger charge is 2.44. The monoisotopic (exact) mass is 613 g/mol. The Morgan fingerprint density at radius 2 is 1.81 bits per heavy atom. The number of aromatic nitrogens is 7. The zero-order chi connectivity index (χ0) is 30.5. The quantitative estimate of drug-likeness (QED) is 0.178. The summed E-state index contributed by atoms with van der Waals surface area (Å²) in [6, 6.07) is 10.0. The number of rotatable bonds is 10. The van der Waals surface area contributed by atoms with Crippen LogP contribution in [-0.4, -0.2) is 59.8 Å². The fourth-order valence-corrected chi connectivity index (χ4v) is 3.69.